The van der Waals surface area contributed by atoms with Crippen LogP contribution < -0.4 is 0 Å². The quantitative estimate of drug-likeness (QED) is 0.412. The van der Waals surface area contributed by atoms with Crippen LogP contribution in [0.1, 0.15) is 38.5 Å². The molecule has 1 heterocycles. The van der Waals surface area contributed by atoms with Gasteiger partial charge < -0.3 is 9.64 Å². The van der Waals surface area contributed by atoms with Crippen LogP contribution in [0.3, 0.4) is 0 Å². The van der Waals surface area contributed by atoms with Crippen LogP contribution in [-0.4, -0.2) is 36.5 Å². The van der Waals surface area contributed by atoms with Gasteiger partial charge in [0.2, 0.25) is 5.91 Å². The third-order valence-corrected chi connectivity index (χ3v) is 3.01. The first-order valence-corrected chi connectivity index (χ1v) is 6.01. The lowest BCUT2D eigenvalue weighted by atomic mass is 10.1. The normalized spacial score (nSPS) is 18.8. The highest BCUT2D eigenvalue weighted by Crippen LogP contribution is 2.20. The Morgan fingerprint density at radius 2 is 2.24 bits per heavy atom. The molecule has 1 aliphatic heterocycles. The molecule has 1 unspecified atom stereocenters. The van der Waals surface area contributed by atoms with Crippen LogP contribution in [0.25, 0.3) is 0 Å². The van der Waals surface area contributed by atoms with Crippen molar-refractivity contribution in [1.82, 2.24) is 4.90 Å². The summed E-state index contributed by atoms with van der Waals surface area (Å²) in [6.07, 6.45) is 9.54. The average molecular weight is 237 g/mol. The topological polar surface area (TPSA) is 46.6 Å². The Morgan fingerprint density at radius 3 is 2.88 bits per heavy atom. The summed E-state index contributed by atoms with van der Waals surface area (Å²) >= 11 is 0. The number of rotatable bonds is 5. The Kier molecular flexibility index (Phi) is 5.55. The van der Waals surface area contributed by atoms with E-state index < -0.39 is 0 Å². The van der Waals surface area contributed by atoms with Gasteiger partial charge >= 0.3 is 5.97 Å². The number of hydrogen-bond donors (Lipinski definition) is 0. The van der Waals surface area contributed by atoms with Crippen LogP contribution in [-0.2, 0) is 14.3 Å². The molecular formula is C13H19NO3. The Balaban J connectivity index is 2.40. The number of amides is 1. The zero-order chi connectivity index (χ0) is 12.7. The molecule has 17 heavy (non-hydrogen) atoms. The molecule has 1 fully saturated rings. The third kappa shape index (κ3) is 3.77. The molecule has 0 aliphatic carbocycles. The average Bonchev–Trinajstić information content (AvgIpc) is 2.82. The molecule has 0 N–H and O–H groups in total. The van der Waals surface area contributed by atoms with Gasteiger partial charge in [0.05, 0.1) is 7.11 Å². The fourth-order valence-electron chi connectivity index (χ4n) is 2.09. The molecule has 4 nitrogen and oxygen atoms in total. The van der Waals surface area contributed by atoms with Crippen molar-refractivity contribution >= 4 is 11.9 Å². The minimum atomic E-state index is -0.375. The molecule has 0 aromatic heterocycles. The summed E-state index contributed by atoms with van der Waals surface area (Å²) in [6.45, 7) is 0.660. The maximum Gasteiger partial charge on any atom is 0.328 e. The van der Waals surface area contributed by atoms with Crippen molar-refractivity contribution in [3.05, 3.63) is 0 Å². The molecule has 0 spiro atoms. The first-order valence-electron chi connectivity index (χ1n) is 6.01. The highest BCUT2D eigenvalue weighted by Gasteiger charge is 2.34. The van der Waals surface area contributed by atoms with Gasteiger partial charge in [-0.05, 0) is 25.7 Å². The highest BCUT2D eigenvalue weighted by molar-refractivity contribution is 5.85. The van der Waals surface area contributed by atoms with Gasteiger partial charge in [-0.15, -0.1) is 12.3 Å². The lowest BCUT2D eigenvalue weighted by molar-refractivity contribution is -0.151. The van der Waals surface area contributed by atoms with Gasteiger partial charge in [-0.1, -0.05) is 0 Å². The summed E-state index contributed by atoms with van der Waals surface area (Å²) in [4.78, 5) is 25.0. The first-order chi connectivity index (χ1) is 8.20. The summed E-state index contributed by atoms with van der Waals surface area (Å²) in [5, 5.41) is 0. The van der Waals surface area contributed by atoms with Crippen LogP contribution in [0.4, 0.5) is 0 Å². The van der Waals surface area contributed by atoms with Crippen molar-refractivity contribution in [3.63, 3.8) is 0 Å². The van der Waals surface area contributed by atoms with E-state index in [9.17, 15) is 9.59 Å². The van der Waals surface area contributed by atoms with Crippen LogP contribution in [0, 0.1) is 12.3 Å². The summed E-state index contributed by atoms with van der Waals surface area (Å²) < 4.78 is 4.70. The number of nitrogens with zero attached hydrogens (tertiary/aromatic N) is 1. The van der Waals surface area contributed by atoms with Gasteiger partial charge in [-0.25, -0.2) is 4.79 Å². The number of esters is 1. The second-order valence-corrected chi connectivity index (χ2v) is 4.18. The van der Waals surface area contributed by atoms with E-state index in [0.717, 1.165) is 19.3 Å². The third-order valence-electron chi connectivity index (χ3n) is 3.01. The number of methoxy groups -OCH3 is 1. The standard InChI is InChI=1S/C13H19NO3/c1-3-4-5-6-9-12(15)14-10-7-8-11(14)13(16)17-2/h1,11H,4-10H2,2H3. The molecule has 94 valence electrons. The number of carbonyl (C=O) groups is 2. The van der Waals surface area contributed by atoms with Gasteiger partial charge in [-0.2, -0.15) is 0 Å². The number of unbranched alkanes of at least 4 members (excludes halogenated alkanes) is 2. The molecule has 0 aromatic carbocycles. The molecular weight excluding hydrogens is 218 g/mol. The van der Waals surface area contributed by atoms with Crippen molar-refractivity contribution in [3.8, 4) is 12.3 Å². The predicted octanol–water partition coefficient (Wildman–Crippen LogP) is 1.34. The van der Waals surface area contributed by atoms with E-state index in [0.29, 0.717) is 25.8 Å². The van der Waals surface area contributed by atoms with Crippen LogP contribution in [0.2, 0.25) is 0 Å². The summed E-state index contributed by atoms with van der Waals surface area (Å²) in [5.41, 5.74) is 0. The smallest absolute Gasteiger partial charge is 0.328 e. The van der Waals surface area contributed by atoms with E-state index in [2.05, 4.69) is 5.92 Å². The van der Waals surface area contributed by atoms with Crippen molar-refractivity contribution < 1.29 is 14.3 Å². The monoisotopic (exact) mass is 237 g/mol. The Hall–Kier alpha value is -1.50. The second kappa shape index (κ2) is 6.95. The molecule has 1 atom stereocenters. The maximum absolute atomic E-state index is 11.9. The summed E-state index contributed by atoms with van der Waals surface area (Å²) in [7, 11) is 1.36. The van der Waals surface area contributed by atoms with Gasteiger partial charge in [0.15, 0.2) is 0 Å². The number of carbonyl (C=O) groups excluding carboxylic acids is 2. The second-order valence-electron chi connectivity index (χ2n) is 4.18. The van der Waals surface area contributed by atoms with E-state index in [1.54, 1.807) is 4.90 Å². The van der Waals surface area contributed by atoms with E-state index in [4.69, 9.17) is 11.2 Å². The molecule has 4 heteroatoms. The maximum atomic E-state index is 11.9. The fourth-order valence-corrected chi connectivity index (χ4v) is 2.09. The van der Waals surface area contributed by atoms with Crippen LogP contribution in [0.5, 0.6) is 0 Å². The Bertz CT molecular complexity index is 319. The van der Waals surface area contributed by atoms with E-state index >= 15 is 0 Å². The van der Waals surface area contributed by atoms with Crippen LogP contribution >= 0.6 is 0 Å². The van der Waals surface area contributed by atoms with Crippen molar-refractivity contribution in [2.24, 2.45) is 0 Å². The first kappa shape index (κ1) is 13.6. The van der Waals surface area contributed by atoms with E-state index in [1.807, 2.05) is 0 Å². The summed E-state index contributed by atoms with van der Waals surface area (Å²) in [6, 6.07) is -0.375. The molecule has 0 bridgehead atoms. The van der Waals surface area contributed by atoms with Crippen molar-refractivity contribution in [2.45, 2.75) is 44.6 Å². The molecule has 1 saturated heterocycles. The number of hydrogen-bond acceptors (Lipinski definition) is 3. The van der Waals surface area contributed by atoms with E-state index in [1.165, 1.54) is 7.11 Å². The molecule has 1 aliphatic rings. The fraction of sp³-hybridized carbons (Fsp3) is 0.692. The predicted molar refractivity (Wildman–Crippen MR) is 64.1 cm³/mol. The minimum absolute atomic E-state index is 0.0370. The largest absolute Gasteiger partial charge is 0.467 e. The molecule has 0 saturated carbocycles. The molecule has 1 amide bonds. The Morgan fingerprint density at radius 1 is 1.47 bits per heavy atom. The number of likely N-dealkylation sites (tertiary alicyclic amines) is 1. The molecule has 1 rings (SSSR count). The van der Waals surface area contributed by atoms with Gasteiger partial charge in [0.1, 0.15) is 6.04 Å². The lowest BCUT2D eigenvalue weighted by Crippen LogP contribution is -2.40. The zero-order valence-electron chi connectivity index (χ0n) is 10.3. The number of terminal acetylenes is 1. The Labute approximate surface area is 102 Å². The van der Waals surface area contributed by atoms with Crippen LogP contribution in [0.15, 0.2) is 0 Å². The summed E-state index contributed by atoms with van der Waals surface area (Å²) in [5.74, 6) is 2.28. The van der Waals surface area contributed by atoms with Gasteiger partial charge in [0, 0.05) is 19.4 Å². The van der Waals surface area contributed by atoms with E-state index in [-0.39, 0.29) is 17.9 Å². The zero-order valence-corrected chi connectivity index (χ0v) is 10.3. The van der Waals surface area contributed by atoms with Crippen molar-refractivity contribution in [2.75, 3.05) is 13.7 Å². The van der Waals surface area contributed by atoms with Gasteiger partial charge in [0.25, 0.3) is 0 Å². The number of ether oxygens (including phenoxy) is 1. The SMILES string of the molecule is C#CCCCCC(=O)N1CCCC1C(=O)OC. The van der Waals surface area contributed by atoms with Gasteiger partial charge in [-0.3, -0.25) is 4.79 Å². The minimum Gasteiger partial charge on any atom is -0.467 e. The molecule has 0 radical (unpaired) electrons. The lowest BCUT2D eigenvalue weighted by Gasteiger charge is -2.22. The highest BCUT2D eigenvalue weighted by atomic mass is 16.5. The van der Waals surface area contributed by atoms with Crippen molar-refractivity contribution in [1.29, 1.82) is 0 Å². The molecule has 0 aromatic rings.